The number of hydrogen-bond acceptors (Lipinski definition) is 5. The molecule has 1 aromatic rings. The maximum Gasteiger partial charge on any atom is 0.330 e. The van der Waals surface area contributed by atoms with Gasteiger partial charge in [0.2, 0.25) is 0 Å². The molecule has 5 heteroatoms. The molecule has 0 atom stereocenters. The highest BCUT2D eigenvalue weighted by Gasteiger charge is 2.06. The van der Waals surface area contributed by atoms with Crippen LogP contribution in [0.1, 0.15) is 64.4 Å². The number of esters is 1. The molecule has 0 amide bonds. The van der Waals surface area contributed by atoms with E-state index < -0.39 is 0 Å². The number of carbonyl (C=O) groups is 1. The van der Waals surface area contributed by atoms with E-state index >= 15 is 0 Å². The van der Waals surface area contributed by atoms with Crippen LogP contribution < -0.4 is 9.47 Å². The van der Waals surface area contributed by atoms with Gasteiger partial charge >= 0.3 is 5.97 Å². The Morgan fingerprint density at radius 2 is 1.70 bits per heavy atom. The molecule has 0 radical (unpaired) electrons. The van der Waals surface area contributed by atoms with Crippen LogP contribution in [0.15, 0.2) is 24.3 Å². The van der Waals surface area contributed by atoms with E-state index in [1.54, 1.807) is 6.08 Å². The van der Waals surface area contributed by atoms with Gasteiger partial charge in [-0.25, -0.2) is 4.79 Å². The zero-order chi connectivity index (χ0) is 19.7. The fraction of sp³-hybridized carbons (Fsp3) is 0.591. The van der Waals surface area contributed by atoms with Gasteiger partial charge in [-0.2, -0.15) is 0 Å². The van der Waals surface area contributed by atoms with E-state index in [1.807, 2.05) is 25.1 Å². The van der Waals surface area contributed by atoms with Crippen molar-refractivity contribution in [2.75, 3.05) is 26.4 Å². The highest BCUT2D eigenvalue weighted by atomic mass is 16.5. The average molecular weight is 379 g/mol. The van der Waals surface area contributed by atoms with Crippen LogP contribution in [0.4, 0.5) is 0 Å². The Hall–Kier alpha value is -2.01. The van der Waals surface area contributed by atoms with Crippen LogP contribution in [0.3, 0.4) is 0 Å². The van der Waals surface area contributed by atoms with E-state index in [0.717, 1.165) is 50.5 Å². The number of aliphatic hydroxyl groups is 1. The zero-order valence-electron chi connectivity index (χ0n) is 16.7. The maximum absolute atomic E-state index is 11.8. The molecule has 0 saturated carbocycles. The Morgan fingerprint density at radius 1 is 0.963 bits per heavy atom. The Bertz CT molecular complexity index is 554. The third-order valence-corrected chi connectivity index (χ3v) is 3.94. The summed E-state index contributed by atoms with van der Waals surface area (Å²) in [4.78, 5) is 11.8. The molecule has 27 heavy (non-hydrogen) atoms. The molecule has 0 aliphatic rings. The molecule has 0 unspecified atom stereocenters. The summed E-state index contributed by atoms with van der Waals surface area (Å²) in [7, 11) is 0. The van der Waals surface area contributed by atoms with E-state index in [1.165, 1.54) is 6.08 Å². The van der Waals surface area contributed by atoms with E-state index in [0.29, 0.717) is 31.3 Å². The van der Waals surface area contributed by atoms with Gasteiger partial charge in [0.15, 0.2) is 11.5 Å². The largest absolute Gasteiger partial charge is 0.490 e. The molecule has 0 fully saturated rings. The van der Waals surface area contributed by atoms with Gasteiger partial charge in [-0.3, -0.25) is 0 Å². The van der Waals surface area contributed by atoms with Gasteiger partial charge in [-0.1, -0.05) is 38.7 Å². The van der Waals surface area contributed by atoms with Crippen LogP contribution in [-0.4, -0.2) is 37.5 Å². The second kappa shape index (κ2) is 15.1. The average Bonchev–Trinajstić information content (AvgIpc) is 2.68. The van der Waals surface area contributed by atoms with E-state index in [9.17, 15) is 4.79 Å². The standard InChI is InChI=1S/C22H34O5/c1-3-16-26-21-18-19(11-13-20(21)25-4-2)12-14-22(24)27-17-10-8-6-5-7-9-15-23/h11-14,18,23H,3-10,15-17H2,1-2H3. The summed E-state index contributed by atoms with van der Waals surface area (Å²) in [6, 6.07) is 5.62. The van der Waals surface area contributed by atoms with Crippen LogP contribution in [0.2, 0.25) is 0 Å². The summed E-state index contributed by atoms with van der Waals surface area (Å²) in [5.41, 5.74) is 0.866. The van der Waals surface area contributed by atoms with Crippen molar-refractivity contribution >= 4 is 12.0 Å². The van der Waals surface area contributed by atoms with Crippen molar-refractivity contribution in [2.45, 2.75) is 58.8 Å². The molecule has 0 spiro atoms. The zero-order valence-corrected chi connectivity index (χ0v) is 16.7. The number of aliphatic hydroxyl groups excluding tert-OH is 1. The molecular weight excluding hydrogens is 344 g/mol. The monoisotopic (exact) mass is 378 g/mol. The van der Waals surface area contributed by atoms with Gasteiger partial charge in [-0.05, 0) is 50.0 Å². The van der Waals surface area contributed by atoms with Gasteiger partial charge in [0.1, 0.15) is 0 Å². The van der Waals surface area contributed by atoms with Crippen molar-refractivity contribution in [3.05, 3.63) is 29.8 Å². The number of unbranched alkanes of at least 4 members (excludes halogenated alkanes) is 5. The summed E-state index contributed by atoms with van der Waals surface area (Å²) >= 11 is 0. The van der Waals surface area contributed by atoms with Gasteiger partial charge in [0.05, 0.1) is 19.8 Å². The molecule has 1 aromatic carbocycles. The predicted octanol–water partition coefficient (Wildman–Crippen LogP) is 4.76. The summed E-state index contributed by atoms with van der Waals surface area (Å²) in [6.07, 6.45) is 10.2. The molecule has 0 bridgehead atoms. The van der Waals surface area contributed by atoms with Crippen molar-refractivity contribution in [3.63, 3.8) is 0 Å². The first kappa shape index (κ1) is 23.0. The Morgan fingerprint density at radius 3 is 2.41 bits per heavy atom. The predicted molar refractivity (Wildman–Crippen MR) is 108 cm³/mol. The second-order valence-corrected chi connectivity index (χ2v) is 6.33. The van der Waals surface area contributed by atoms with Crippen molar-refractivity contribution < 1.29 is 24.1 Å². The molecule has 0 aliphatic carbocycles. The number of carbonyl (C=O) groups excluding carboxylic acids is 1. The number of ether oxygens (including phenoxy) is 3. The lowest BCUT2D eigenvalue weighted by molar-refractivity contribution is -0.137. The van der Waals surface area contributed by atoms with Gasteiger partial charge in [0, 0.05) is 12.7 Å². The Kier molecular flexibility index (Phi) is 12.9. The van der Waals surface area contributed by atoms with Crippen molar-refractivity contribution in [3.8, 4) is 11.5 Å². The third kappa shape index (κ3) is 10.7. The van der Waals surface area contributed by atoms with Crippen LogP contribution in [-0.2, 0) is 9.53 Å². The molecule has 5 nitrogen and oxygen atoms in total. The molecular formula is C22H34O5. The SMILES string of the molecule is CCCOc1cc(C=CC(=O)OCCCCCCCCO)ccc1OCC. The van der Waals surface area contributed by atoms with Gasteiger partial charge < -0.3 is 19.3 Å². The minimum Gasteiger partial charge on any atom is -0.490 e. The first-order valence-corrected chi connectivity index (χ1v) is 10.1. The highest BCUT2D eigenvalue weighted by molar-refractivity contribution is 5.87. The normalized spacial score (nSPS) is 10.9. The molecule has 0 aromatic heterocycles. The molecule has 1 N–H and O–H groups in total. The molecule has 152 valence electrons. The number of rotatable bonds is 15. The fourth-order valence-corrected chi connectivity index (χ4v) is 2.53. The topological polar surface area (TPSA) is 65.0 Å². The molecule has 0 heterocycles. The Balaban J connectivity index is 2.38. The summed E-state index contributed by atoms with van der Waals surface area (Å²) < 4.78 is 16.5. The number of hydrogen-bond donors (Lipinski definition) is 1. The lowest BCUT2D eigenvalue weighted by Crippen LogP contribution is -2.02. The van der Waals surface area contributed by atoms with Crippen LogP contribution in [0.5, 0.6) is 11.5 Å². The minimum atomic E-state index is -0.333. The van der Waals surface area contributed by atoms with Crippen molar-refractivity contribution in [2.24, 2.45) is 0 Å². The first-order valence-electron chi connectivity index (χ1n) is 10.1. The fourth-order valence-electron chi connectivity index (χ4n) is 2.53. The first-order chi connectivity index (χ1) is 13.2. The van der Waals surface area contributed by atoms with E-state index in [4.69, 9.17) is 19.3 Å². The molecule has 1 rings (SSSR count). The summed E-state index contributed by atoms with van der Waals surface area (Å²) in [5.74, 6) is 1.07. The summed E-state index contributed by atoms with van der Waals surface area (Å²) in [5, 5.41) is 8.71. The number of benzene rings is 1. The van der Waals surface area contributed by atoms with Crippen LogP contribution >= 0.6 is 0 Å². The Labute approximate surface area is 163 Å². The smallest absolute Gasteiger partial charge is 0.330 e. The van der Waals surface area contributed by atoms with E-state index in [-0.39, 0.29) is 12.6 Å². The maximum atomic E-state index is 11.8. The molecule has 0 saturated heterocycles. The van der Waals surface area contributed by atoms with Gasteiger partial charge in [-0.15, -0.1) is 0 Å². The summed E-state index contributed by atoms with van der Waals surface area (Å²) in [6.45, 7) is 5.89. The van der Waals surface area contributed by atoms with E-state index in [2.05, 4.69) is 6.92 Å². The van der Waals surface area contributed by atoms with Crippen LogP contribution in [0, 0.1) is 0 Å². The quantitative estimate of drug-likeness (QED) is 0.271. The van der Waals surface area contributed by atoms with Crippen molar-refractivity contribution in [1.82, 2.24) is 0 Å². The lowest BCUT2D eigenvalue weighted by Gasteiger charge is -2.12. The van der Waals surface area contributed by atoms with Crippen LogP contribution in [0.25, 0.3) is 6.08 Å². The van der Waals surface area contributed by atoms with Crippen molar-refractivity contribution in [1.29, 1.82) is 0 Å². The molecule has 0 aliphatic heterocycles. The lowest BCUT2D eigenvalue weighted by atomic mass is 10.1. The third-order valence-electron chi connectivity index (χ3n) is 3.94. The van der Waals surface area contributed by atoms with Gasteiger partial charge in [0.25, 0.3) is 0 Å². The second-order valence-electron chi connectivity index (χ2n) is 6.33. The highest BCUT2D eigenvalue weighted by Crippen LogP contribution is 2.29. The minimum absolute atomic E-state index is 0.268.